The molecule has 1 aliphatic rings. The van der Waals surface area contributed by atoms with Gasteiger partial charge in [0.05, 0.1) is 3.57 Å². The van der Waals surface area contributed by atoms with Crippen LogP contribution in [0.15, 0.2) is 36.5 Å². The summed E-state index contributed by atoms with van der Waals surface area (Å²) in [4.78, 5) is 4.45. The molecular weight excluding hydrogens is 363 g/mol. The van der Waals surface area contributed by atoms with Crippen LogP contribution >= 0.6 is 22.6 Å². The molecule has 0 saturated heterocycles. The predicted molar refractivity (Wildman–Crippen MR) is 88.1 cm³/mol. The second-order valence-corrected chi connectivity index (χ2v) is 6.32. The molecule has 3 rings (SSSR count). The minimum atomic E-state index is 0.685. The van der Waals surface area contributed by atoms with Gasteiger partial charge in [0, 0.05) is 24.3 Å². The molecule has 1 aromatic carbocycles. The van der Waals surface area contributed by atoms with E-state index in [0.29, 0.717) is 5.88 Å². The first-order valence-corrected chi connectivity index (χ1v) is 7.91. The Morgan fingerprint density at radius 1 is 1.35 bits per heavy atom. The van der Waals surface area contributed by atoms with Gasteiger partial charge in [-0.05, 0) is 66.1 Å². The van der Waals surface area contributed by atoms with Crippen LogP contribution in [0.4, 0.5) is 0 Å². The number of para-hydroxylation sites is 1. The minimum Gasteiger partial charge on any atom is -0.438 e. The van der Waals surface area contributed by atoms with Crippen molar-refractivity contribution in [2.24, 2.45) is 0 Å². The van der Waals surface area contributed by atoms with Gasteiger partial charge in [-0.25, -0.2) is 4.98 Å². The summed E-state index contributed by atoms with van der Waals surface area (Å²) in [7, 11) is 0. The van der Waals surface area contributed by atoms with Crippen LogP contribution in [0.2, 0.25) is 0 Å². The van der Waals surface area contributed by atoms with Crippen molar-refractivity contribution in [2.75, 3.05) is 0 Å². The highest BCUT2D eigenvalue weighted by Crippen LogP contribution is 2.27. The van der Waals surface area contributed by atoms with Crippen molar-refractivity contribution in [1.29, 1.82) is 0 Å². The summed E-state index contributed by atoms with van der Waals surface area (Å²) in [5.41, 5.74) is 2.28. The molecule has 3 nitrogen and oxygen atoms in total. The van der Waals surface area contributed by atoms with Gasteiger partial charge in [0.2, 0.25) is 5.88 Å². The van der Waals surface area contributed by atoms with Crippen LogP contribution in [-0.2, 0) is 6.54 Å². The van der Waals surface area contributed by atoms with Gasteiger partial charge in [0.1, 0.15) is 5.75 Å². The number of benzene rings is 1. The molecule has 1 aliphatic carbocycles. The zero-order valence-corrected chi connectivity index (χ0v) is 13.6. The van der Waals surface area contributed by atoms with E-state index in [1.165, 1.54) is 18.4 Å². The number of nitrogens with zero attached hydrogens (tertiary/aromatic N) is 1. The minimum absolute atomic E-state index is 0.685. The van der Waals surface area contributed by atoms with Crippen LogP contribution in [0.25, 0.3) is 0 Å². The summed E-state index contributed by atoms with van der Waals surface area (Å²) in [6, 6.07) is 10.8. The van der Waals surface area contributed by atoms with Crippen molar-refractivity contribution in [2.45, 2.75) is 32.4 Å². The average molecular weight is 380 g/mol. The van der Waals surface area contributed by atoms with Gasteiger partial charge in [-0.1, -0.05) is 12.1 Å². The summed E-state index contributed by atoms with van der Waals surface area (Å²) < 4.78 is 6.98. The number of nitrogens with one attached hydrogen (secondary N) is 1. The van der Waals surface area contributed by atoms with Crippen molar-refractivity contribution in [3.05, 3.63) is 51.2 Å². The van der Waals surface area contributed by atoms with E-state index in [1.54, 1.807) is 0 Å². The topological polar surface area (TPSA) is 34.2 Å². The number of aromatic nitrogens is 1. The Hall–Kier alpha value is -1.14. The summed E-state index contributed by atoms with van der Waals surface area (Å²) in [5.74, 6) is 1.54. The quantitative estimate of drug-likeness (QED) is 0.796. The molecule has 0 spiro atoms. The lowest BCUT2D eigenvalue weighted by molar-refractivity contribution is 0.455. The maximum absolute atomic E-state index is 5.89. The van der Waals surface area contributed by atoms with E-state index in [4.69, 9.17) is 4.74 Å². The van der Waals surface area contributed by atoms with Crippen LogP contribution in [0.5, 0.6) is 11.6 Å². The third-order valence-corrected chi connectivity index (χ3v) is 4.19. The number of pyridine rings is 1. The number of aryl methyl sites for hydroxylation is 1. The Morgan fingerprint density at radius 3 is 2.85 bits per heavy atom. The van der Waals surface area contributed by atoms with Gasteiger partial charge in [0.15, 0.2) is 0 Å². The van der Waals surface area contributed by atoms with Crippen molar-refractivity contribution >= 4 is 22.6 Å². The third-order valence-electron chi connectivity index (χ3n) is 3.30. The van der Waals surface area contributed by atoms with Gasteiger partial charge in [-0.2, -0.15) is 0 Å². The second kappa shape index (κ2) is 6.10. The lowest BCUT2D eigenvalue weighted by atomic mass is 10.2. The highest BCUT2D eigenvalue weighted by molar-refractivity contribution is 14.1. The van der Waals surface area contributed by atoms with Crippen molar-refractivity contribution in [3.8, 4) is 11.6 Å². The first-order chi connectivity index (χ1) is 9.72. The summed E-state index contributed by atoms with van der Waals surface area (Å²) >= 11 is 2.27. The van der Waals surface area contributed by atoms with Crippen molar-refractivity contribution < 1.29 is 4.74 Å². The van der Waals surface area contributed by atoms with E-state index in [0.717, 1.165) is 27.5 Å². The molecule has 1 heterocycles. The van der Waals surface area contributed by atoms with E-state index < -0.39 is 0 Å². The molecule has 0 radical (unpaired) electrons. The fourth-order valence-electron chi connectivity index (χ4n) is 2.01. The summed E-state index contributed by atoms with van der Waals surface area (Å²) in [5, 5.41) is 3.50. The Kier molecular flexibility index (Phi) is 4.21. The molecule has 1 saturated carbocycles. The highest BCUT2D eigenvalue weighted by Gasteiger charge is 2.20. The van der Waals surface area contributed by atoms with Gasteiger partial charge in [-0.15, -0.1) is 0 Å². The Morgan fingerprint density at radius 2 is 2.15 bits per heavy atom. The highest BCUT2D eigenvalue weighted by atomic mass is 127. The Labute approximate surface area is 132 Å². The predicted octanol–water partition coefficient (Wildman–Crippen LogP) is 4.04. The fourth-order valence-corrected chi connectivity index (χ4v) is 2.50. The molecule has 0 amide bonds. The molecule has 0 unspecified atom stereocenters. The second-order valence-electron chi connectivity index (χ2n) is 5.15. The number of ether oxygens (including phenoxy) is 1. The molecule has 0 aliphatic heterocycles. The number of hydrogen-bond donors (Lipinski definition) is 1. The third kappa shape index (κ3) is 3.49. The van der Waals surface area contributed by atoms with Crippen molar-refractivity contribution in [3.63, 3.8) is 0 Å². The average Bonchev–Trinajstić information content (AvgIpc) is 3.26. The molecule has 0 bridgehead atoms. The van der Waals surface area contributed by atoms with Gasteiger partial charge in [0.25, 0.3) is 0 Å². The van der Waals surface area contributed by atoms with Gasteiger partial charge >= 0.3 is 0 Å². The number of halogens is 1. The smallest absolute Gasteiger partial charge is 0.222 e. The van der Waals surface area contributed by atoms with Crippen LogP contribution in [0.3, 0.4) is 0 Å². The molecule has 20 heavy (non-hydrogen) atoms. The van der Waals surface area contributed by atoms with Crippen LogP contribution in [0, 0.1) is 10.5 Å². The molecule has 1 aromatic heterocycles. The van der Waals surface area contributed by atoms with Crippen LogP contribution in [0.1, 0.15) is 24.0 Å². The zero-order valence-electron chi connectivity index (χ0n) is 11.4. The molecule has 104 valence electrons. The first-order valence-electron chi connectivity index (χ1n) is 6.83. The SMILES string of the molecule is Cc1cc(CNC2CC2)cnc1Oc1ccccc1I. The molecular formula is C16H17IN2O. The van der Waals surface area contributed by atoms with Crippen molar-refractivity contribution in [1.82, 2.24) is 10.3 Å². The molecule has 4 heteroatoms. The largest absolute Gasteiger partial charge is 0.438 e. The van der Waals surface area contributed by atoms with E-state index in [-0.39, 0.29) is 0 Å². The summed E-state index contributed by atoms with van der Waals surface area (Å²) in [6.45, 7) is 2.93. The molecule has 0 atom stereocenters. The maximum atomic E-state index is 5.89. The van der Waals surface area contributed by atoms with E-state index in [9.17, 15) is 0 Å². The van der Waals surface area contributed by atoms with E-state index in [2.05, 4.69) is 39.0 Å². The van der Waals surface area contributed by atoms with Gasteiger partial charge < -0.3 is 10.1 Å². The zero-order chi connectivity index (χ0) is 13.9. The lowest BCUT2D eigenvalue weighted by Gasteiger charge is -2.10. The fraction of sp³-hybridized carbons (Fsp3) is 0.312. The first kappa shape index (κ1) is 13.8. The molecule has 2 aromatic rings. The van der Waals surface area contributed by atoms with E-state index in [1.807, 2.05) is 37.4 Å². The van der Waals surface area contributed by atoms with Crippen LogP contribution < -0.4 is 10.1 Å². The Balaban J connectivity index is 1.71. The van der Waals surface area contributed by atoms with Crippen LogP contribution in [-0.4, -0.2) is 11.0 Å². The monoisotopic (exact) mass is 380 g/mol. The van der Waals surface area contributed by atoms with Gasteiger partial charge in [-0.3, -0.25) is 0 Å². The molecule has 1 N–H and O–H groups in total. The normalized spacial score (nSPS) is 14.3. The summed E-state index contributed by atoms with van der Waals surface area (Å²) in [6.07, 6.45) is 4.51. The molecule has 1 fully saturated rings. The number of hydrogen-bond acceptors (Lipinski definition) is 3. The Bertz CT molecular complexity index is 611. The van der Waals surface area contributed by atoms with E-state index >= 15 is 0 Å². The lowest BCUT2D eigenvalue weighted by Crippen LogP contribution is -2.15. The standard InChI is InChI=1S/C16H17IN2O/c1-11-8-12(9-18-13-6-7-13)10-19-16(11)20-15-5-3-2-4-14(15)17/h2-5,8,10,13,18H,6-7,9H2,1H3. The maximum Gasteiger partial charge on any atom is 0.222 e. The number of rotatable bonds is 5.